The minimum Gasteiger partial charge on any atom is -0.480 e. The number of nitrogens with zero attached hydrogens (tertiary/aromatic N) is 3. The van der Waals surface area contributed by atoms with Crippen LogP contribution in [0.3, 0.4) is 0 Å². The number of pyridine rings is 1. The largest absolute Gasteiger partial charge is 0.480 e. The molecule has 6 aromatic rings. The van der Waals surface area contributed by atoms with Gasteiger partial charge in [0.1, 0.15) is 10.9 Å². The second-order valence-corrected chi connectivity index (χ2v) is 14.9. The van der Waals surface area contributed by atoms with E-state index in [9.17, 15) is 26.9 Å². The van der Waals surface area contributed by atoms with Crippen LogP contribution >= 0.6 is 11.3 Å². The first-order valence-electron chi connectivity index (χ1n) is 13.5. The van der Waals surface area contributed by atoms with Crippen LogP contribution < -0.4 is 0 Å². The van der Waals surface area contributed by atoms with Gasteiger partial charge in [0.15, 0.2) is 15.6 Å². The van der Waals surface area contributed by atoms with Crippen molar-refractivity contribution in [2.75, 3.05) is 5.75 Å². The third-order valence-corrected chi connectivity index (χ3v) is 11.4. The van der Waals surface area contributed by atoms with E-state index in [1.165, 1.54) is 27.6 Å². The highest BCUT2D eigenvalue weighted by molar-refractivity contribution is 7.92. The molecule has 9 nitrogen and oxygen atoms in total. The van der Waals surface area contributed by atoms with E-state index in [2.05, 4.69) is 11.1 Å². The van der Waals surface area contributed by atoms with Gasteiger partial charge >= 0.3 is 5.97 Å². The van der Waals surface area contributed by atoms with Gasteiger partial charge in [0.25, 0.3) is 10.0 Å². The van der Waals surface area contributed by atoms with Crippen molar-refractivity contribution in [2.45, 2.75) is 16.7 Å². The summed E-state index contributed by atoms with van der Waals surface area (Å²) in [5.74, 6) is -2.57. The molecule has 224 valence electrons. The van der Waals surface area contributed by atoms with Crippen molar-refractivity contribution >= 4 is 48.1 Å². The van der Waals surface area contributed by atoms with Crippen LogP contribution in [0.4, 0.5) is 0 Å². The lowest BCUT2D eigenvalue weighted by molar-refractivity contribution is -0.134. The Kier molecular flexibility index (Phi) is 7.62. The van der Waals surface area contributed by atoms with Gasteiger partial charge in [0.2, 0.25) is 0 Å². The molecule has 0 amide bonds. The van der Waals surface area contributed by atoms with E-state index in [4.69, 9.17) is 5.11 Å². The number of aryl methyl sites for hydroxylation is 1. The van der Waals surface area contributed by atoms with E-state index in [0.29, 0.717) is 49.3 Å². The molecule has 45 heavy (non-hydrogen) atoms. The van der Waals surface area contributed by atoms with Crippen molar-refractivity contribution in [1.29, 1.82) is 5.26 Å². The van der Waals surface area contributed by atoms with Gasteiger partial charge in [-0.25, -0.2) is 20.8 Å². The van der Waals surface area contributed by atoms with Gasteiger partial charge in [-0.3, -0.25) is 9.78 Å². The Balaban J connectivity index is 1.66. The highest BCUT2D eigenvalue weighted by Crippen LogP contribution is 2.45. The number of carboxylic acids is 1. The summed E-state index contributed by atoms with van der Waals surface area (Å²) in [6.07, 6.45) is 2.54. The lowest BCUT2D eigenvalue weighted by atomic mass is 9.97. The van der Waals surface area contributed by atoms with Gasteiger partial charge < -0.3 is 5.11 Å². The molecule has 3 aromatic heterocycles. The summed E-state index contributed by atoms with van der Waals surface area (Å²) in [6.45, 7) is 1.87. The number of hydrogen-bond donors (Lipinski definition) is 1. The molecule has 3 aromatic carbocycles. The zero-order chi connectivity index (χ0) is 31.9. The number of para-hydroxylation sites is 1. The molecule has 0 saturated carbocycles. The summed E-state index contributed by atoms with van der Waals surface area (Å²) in [7, 11) is -8.32. The van der Waals surface area contributed by atoms with Crippen molar-refractivity contribution in [3.05, 3.63) is 113 Å². The number of benzene rings is 3. The molecule has 3 heterocycles. The average Bonchev–Trinajstić information content (AvgIpc) is 3.63. The van der Waals surface area contributed by atoms with E-state index < -0.39 is 31.6 Å². The summed E-state index contributed by atoms with van der Waals surface area (Å²) < 4.78 is 55.5. The van der Waals surface area contributed by atoms with Crippen LogP contribution in [-0.2, 0) is 24.7 Å². The first kappa shape index (κ1) is 30.0. The summed E-state index contributed by atoms with van der Waals surface area (Å²) in [5, 5.41) is 21.4. The lowest BCUT2D eigenvalue weighted by Gasteiger charge is -2.15. The van der Waals surface area contributed by atoms with Crippen LogP contribution in [0.2, 0.25) is 0 Å². The number of hydrogen-bond acceptors (Lipinski definition) is 8. The fourth-order valence-electron chi connectivity index (χ4n) is 5.24. The van der Waals surface area contributed by atoms with Crippen LogP contribution in [0.1, 0.15) is 10.4 Å². The standard InChI is InChI=1S/C33H23N3O6S3/c1-21-9-11-25(12-10-21)45(41,42)36-29-8-3-2-7-27(29)32(28-13-14-43-30(28)17-34)33(36)23-6-4-5-22(15-23)24-16-26(19-35-18-24)44(39,40)20-31(37)38/h2-16,18-19H,20H2,1H3,(H,37,38). The van der Waals surface area contributed by atoms with Gasteiger partial charge in [-0.05, 0) is 54.3 Å². The molecule has 0 bridgehead atoms. The Hall–Kier alpha value is -5.09. The van der Waals surface area contributed by atoms with E-state index in [1.807, 2.05) is 19.1 Å². The van der Waals surface area contributed by atoms with Gasteiger partial charge in [0, 0.05) is 40.0 Å². The van der Waals surface area contributed by atoms with Gasteiger partial charge in [0.05, 0.1) is 21.0 Å². The zero-order valence-electron chi connectivity index (χ0n) is 23.6. The van der Waals surface area contributed by atoms with Crippen molar-refractivity contribution in [3.8, 4) is 39.6 Å². The number of nitriles is 1. The van der Waals surface area contributed by atoms with Crippen LogP contribution in [0.25, 0.3) is 44.4 Å². The molecule has 0 aliphatic rings. The lowest BCUT2D eigenvalue weighted by Crippen LogP contribution is -2.15. The fourth-order valence-corrected chi connectivity index (χ4v) is 8.50. The summed E-state index contributed by atoms with van der Waals surface area (Å²) >= 11 is 1.25. The highest BCUT2D eigenvalue weighted by atomic mass is 32.2. The third-order valence-electron chi connectivity index (χ3n) is 7.28. The van der Waals surface area contributed by atoms with Crippen molar-refractivity contribution < 1.29 is 26.7 Å². The number of carboxylic acid groups (broad SMARTS) is 1. The van der Waals surface area contributed by atoms with E-state index in [1.54, 1.807) is 72.1 Å². The quantitative estimate of drug-likeness (QED) is 0.199. The normalized spacial score (nSPS) is 11.8. The van der Waals surface area contributed by atoms with Crippen LogP contribution in [-0.4, -0.2) is 42.6 Å². The molecule has 0 spiro atoms. The number of carbonyl (C=O) groups is 1. The van der Waals surface area contributed by atoms with E-state index >= 15 is 0 Å². The maximum Gasteiger partial charge on any atom is 0.319 e. The number of thiophene rings is 1. The highest BCUT2D eigenvalue weighted by Gasteiger charge is 2.30. The monoisotopic (exact) mass is 653 g/mol. The maximum absolute atomic E-state index is 14.5. The predicted molar refractivity (Wildman–Crippen MR) is 172 cm³/mol. The molecule has 6 rings (SSSR count). The predicted octanol–water partition coefficient (Wildman–Crippen LogP) is 6.37. The average molecular weight is 654 g/mol. The Morgan fingerprint density at radius 3 is 2.36 bits per heavy atom. The van der Waals surface area contributed by atoms with Crippen LogP contribution in [0, 0.1) is 18.3 Å². The number of aliphatic carboxylic acids is 1. The van der Waals surface area contributed by atoms with Gasteiger partial charge in [-0.1, -0.05) is 54.1 Å². The van der Waals surface area contributed by atoms with E-state index in [0.717, 1.165) is 11.8 Å². The van der Waals surface area contributed by atoms with E-state index in [-0.39, 0.29) is 9.79 Å². The van der Waals surface area contributed by atoms with Crippen molar-refractivity contribution in [2.24, 2.45) is 0 Å². The molecule has 1 N–H and O–H groups in total. The van der Waals surface area contributed by atoms with Crippen molar-refractivity contribution in [1.82, 2.24) is 8.96 Å². The summed E-state index contributed by atoms with van der Waals surface area (Å²) in [5.41, 5.74) is 4.20. The Morgan fingerprint density at radius 1 is 0.889 bits per heavy atom. The number of rotatable bonds is 8. The molecule has 0 aliphatic heterocycles. The molecule has 0 saturated heterocycles. The zero-order valence-corrected chi connectivity index (χ0v) is 26.0. The molecule has 0 radical (unpaired) electrons. The third kappa shape index (κ3) is 5.42. The minimum atomic E-state index is -4.18. The van der Waals surface area contributed by atoms with Crippen LogP contribution in [0.15, 0.2) is 112 Å². The number of fused-ring (bicyclic) bond motifs is 1. The first-order valence-corrected chi connectivity index (χ1v) is 17.4. The Labute approximate surface area is 263 Å². The van der Waals surface area contributed by atoms with Crippen LogP contribution in [0.5, 0.6) is 0 Å². The minimum absolute atomic E-state index is 0.0872. The topological polar surface area (TPSA) is 147 Å². The second kappa shape index (κ2) is 11.4. The SMILES string of the molecule is Cc1ccc(S(=O)(=O)n2c(-c3cccc(-c4cncc(S(=O)(=O)CC(=O)O)c4)c3)c(-c3ccsc3C#N)c3ccccc32)cc1. The molecular formula is C33H23N3O6S3. The number of sulfone groups is 1. The van der Waals surface area contributed by atoms with Crippen molar-refractivity contribution in [3.63, 3.8) is 0 Å². The molecule has 12 heteroatoms. The number of aromatic nitrogens is 2. The van der Waals surface area contributed by atoms with Gasteiger partial charge in [-0.15, -0.1) is 11.3 Å². The Bertz CT molecular complexity index is 2380. The molecule has 0 fully saturated rings. The maximum atomic E-state index is 14.5. The Morgan fingerprint density at radius 2 is 1.62 bits per heavy atom. The molecule has 0 aliphatic carbocycles. The molecule has 0 unspecified atom stereocenters. The smallest absolute Gasteiger partial charge is 0.319 e. The second-order valence-electron chi connectivity index (χ2n) is 10.2. The summed E-state index contributed by atoms with van der Waals surface area (Å²) in [6, 6.07) is 25.9. The molecule has 0 atom stereocenters. The molecular weight excluding hydrogens is 631 g/mol. The summed E-state index contributed by atoms with van der Waals surface area (Å²) in [4.78, 5) is 15.5. The fraction of sp³-hybridized carbons (Fsp3) is 0.0606. The first-order chi connectivity index (χ1) is 21.5. The van der Waals surface area contributed by atoms with Gasteiger partial charge in [-0.2, -0.15) is 5.26 Å².